The molecule has 0 bridgehead atoms. The molecule has 1 aliphatic rings. The van der Waals surface area contributed by atoms with Crippen LogP contribution < -0.4 is 16.2 Å². The molecule has 0 saturated carbocycles. The van der Waals surface area contributed by atoms with Gasteiger partial charge in [0.15, 0.2) is 0 Å². The van der Waals surface area contributed by atoms with Gasteiger partial charge in [-0.25, -0.2) is 0 Å². The van der Waals surface area contributed by atoms with E-state index in [0.717, 1.165) is 81.2 Å². The first kappa shape index (κ1) is 25.7. The number of aliphatic imine (C=N–C) groups is 1. The lowest BCUT2D eigenvalue weighted by Gasteiger charge is -2.34. The van der Waals surface area contributed by atoms with Crippen LogP contribution in [0.5, 0.6) is 5.75 Å². The van der Waals surface area contributed by atoms with Gasteiger partial charge in [-0.05, 0) is 42.7 Å². The van der Waals surface area contributed by atoms with Crippen molar-refractivity contribution in [1.82, 2.24) is 9.80 Å². The summed E-state index contributed by atoms with van der Waals surface area (Å²) in [5.74, 6) is 1.50. The number of benzene rings is 2. The van der Waals surface area contributed by atoms with Crippen LogP contribution in [0.25, 0.3) is 0 Å². The van der Waals surface area contributed by atoms with E-state index in [9.17, 15) is 0 Å². The third-order valence-electron chi connectivity index (χ3n) is 6.04. The summed E-state index contributed by atoms with van der Waals surface area (Å²) in [5.41, 5.74) is 14.1. The molecule has 8 nitrogen and oxygen atoms in total. The van der Waals surface area contributed by atoms with Gasteiger partial charge in [0.1, 0.15) is 17.4 Å². The summed E-state index contributed by atoms with van der Waals surface area (Å²) in [4.78, 5) is 9.03. The molecule has 0 unspecified atom stereocenters. The van der Waals surface area contributed by atoms with Gasteiger partial charge in [0.2, 0.25) is 0 Å². The van der Waals surface area contributed by atoms with Gasteiger partial charge in [0.25, 0.3) is 0 Å². The highest BCUT2D eigenvalue weighted by atomic mass is 16.5. The average Bonchev–Trinajstić information content (AvgIpc) is 2.87. The van der Waals surface area contributed by atoms with Crippen molar-refractivity contribution in [2.24, 2.45) is 16.5 Å². The molecule has 5 N–H and O–H groups in total. The van der Waals surface area contributed by atoms with E-state index in [4.69, 9.17) is 26.4 Å². The lowest BCUT2D eigenvalue weighted by Crippen LogP contribution is -2.47. The maximum atomic E-state index is 7.43. The van der Waals surface area contributed by atoms with Crippen molar-refractivity contribution in [2.75, 3.05) is 59.5 Å². The van der Waals surface area contributed by atoms with Gasteiger partial charge in [-0.1, -0.05) is 24.3 Å². The number of nitrogen functional groups attached to an aromatic ring is 1. The average molecular weight is 467 g/mol. The molecular weight excluding hydrogens is 428 g/mol. The molecule has 0 radical (unpaired) electrons. The first-order valence-corrected chi connectivity index (χ1v) is 12.0. The third kappa shape index (κ3) is 8.44. The summed E-state index contributed by atoms with van der Waals surface area (Å²) in [6, 6.07) is 15.4. The highest BCUT2D eigenvalue weighted by Gasteiger charge is 2.16. The van der Waals surface area contributed by atoms with Crippen LogP contribution in [0.4, 0.5) is 0 Å². The Morgan fingerprint density at radius 1 is 0.853 bits per heavy atom. The topological polar surface area (TPSA) is 113 Å². The quantitative estimate of drug-likeness (QED) is 0.237. The van der Waals surface area contributed by atoms with Gasteiger partial charge in [0.05, 0.1) is 13.2 Å². The van der Waals surface area contributed by atoms with Crippen LogP contribution in [0.15, 0.2) is 53.5 Å². The Morgan fingerprint density at radius 2 is 1.41 bits per heavy atom. The Bertz CT molecular complexity index is 906. The number of amidine groups is 2. The smallest absolute Gasteiger partial charge is 0.125 e. The van der Waals surface area contributed by atoms with E-state index in [1.54, 1.807) is 7.05 Å². The predicted molar refractivity (Wildman–Crippen MR) is 138 cm³/mol. The maximum absolute atomic E-state index is 7.43. The van der Waals surface area contributed by atoms with Crippen molar-refractivity contribution < 1.29 is 9.47 Å². The summed E-state index contributed by atoms with van der Waals surface area (Å²) in [6.45, 7) is 8.62. The number of nitrogens with zero attached hydrogens (tertiary/aromatic N) is 3. The molecule has 1 fully saturated rings. The third-order valence-corrected chi connectivity index (χ3v) is 6.04. The van der Waals surface area contributed by atoms with Gasteiger partial charge < -0.3 is 30.7 Å². The number of hydrogen-bond donors (Lipinski definition) is 3. The van der Waals surface area contributed by atoms with E-state index in [-0.39, 0.29) is 5.84 Å². The fourth-order valence-corrected chi connectivity index (χ4v) is 3.93. The van der Waals surface area contributed by atoms with E-state index in [1.165, 1.54) is 0 Å². The number of piperazine rings is 1. The molecular formula is C26H38N6O2. The monoisotopic (exact) mass is 466 g/mol. The molecule has 8 heteroatoms. The fraction of sp³-hybridized carbons (Fsp3) is 0.462. The first-order valence-electron chi connectivity index (χ1n) is 12.0. The SMILES string of the molecule is CN=C(N)c1ccc(OCCCN2CCN(CCCOCc3ccc(C(=N)N)cc3)CC2)cc1. The number of nitrogens with one attached hydrogen (secondary N) is 1. The predicted octanol–water partition coefficient (Wildman–Crippen LogP) is 2.30. The summed E-state index contributed by atoms with van der Waals surface area (Å²) in [7, 11) is 1.69. The van der Waals surface area contributed by atoms with Crippen LogP contribution in [-0.4, -0.2) is 81.0 Å². The van der Waals surface area contributed by atoms with E-state index >= 15 is 0 Å². The van der Waals surface area contributed by atoms with Crippen molar-refractivity contribution >= 4 is 11.7 Å². The molecule has 1 aliphatic heterocycles. The zero-order valence-electron chi connectivity index (χ0n) is 20.2. The zero-order chi connectivity index (χ0) is 24.2. The molecule has 3 rings (SSSR count). The fourth-order valence-electron chi connectivity index (χ4n) is 3.93. The second kappa shape index (κ2) is 13.7. The van der Waals surface area contributed by atoms with Crippen molar-refractivity contribution in [3.05, 3.63) is 65.2 Å². The highest BCUT2D eigenvalue weighted by molar-refractivity contribution is 5.97. The summed E-state index contributed by atoms with van der Waals surface area (Å²) < 4.78 is 11.7. The van der Waals surface area contributed by atoms with Crippen molar-refractivity contribution in [3.63, 3.8) is 0 Å². The van der Waals surface area contributed by atoms with Crippen LogP contribution in [0.2, 0.25) is 0 Å². The minimum atomic E-state index is 0.0939. The normalized spacial score (nSPS) is 15.4. The maximum Gasteiger partial charge on any atom is 0.125 e. The van der Waals surface area contributed by atoms with Crippen LogP contribution >= 0.6 is 0 Å². The Labute approximate surface area is 203 Å². The molecule has 0 aliphatic carbocycles. The molecule has 0 atom stereocenters. The number of hydrogen-bond acceptors (Lipinski definition) is 6. The molecule has 184 valence electrons. The van der Waals surface area contributed by atoms with Gasteiger partial charge in [0, 0.05) is 64.0 Å². The number of ether oxygens (including phenoxy) is 2. The van der Waals surface area contributed by atoms with Crippen LogP contribution in [0.3, 0.4) is 0 Å². The van der Waals surface area contributed by atoms with Gasteiger partial charge >= 0.3 is 0 Å². The van der Waals surface area contributed by atoms with Crippen molar-refractivity contribution in [2.45, 2.75) is 19.4 Å². The zero-order valence-corrected chi connectivity index (χ0v) is 20.2. The van der Waals surface area contributed by atoms with Crippen LogP contribution in [0, 0.1) is 5.41 Å². The minimum Gasteiger partial charge on any atom is -0.494 e. The second-order valence-electron chi connectivity index (χ2n) is 8.54. The molecule has 34 heavy (non-hydrogen) atoms. The number of rotatable bonds is 13. The molecule has 1 saturated heterocycles. The standard InChI is InChI=1S/C26H38N6O2/c1-30-26(29)23-8-10-24(11-9-23)34-19-3-13-32-16-14-31(15-17-32)12-2-18-33-20-21-4-6-22(7-5-21)25(27)28/h4-11H,2-3,12-20H2,1H3,(H3,27,28)(H2,29,30). The molecule has 2 aromatic carbocycles. The summed E-state index contributed by atoms with van der Waals surface area (Å²) >= 11 is 0. The Balaban J connectivity index is 1.21. The van der Waals surface area contributed by atoms with E-state index in [1.807, 2.05) is 48.5 Å². The molecule has 0 spiro atoms. The van der Waals surface area contributed by atoms with Crippen molar-refractivity contribution in [3.8, 4) is 5.75 Å². The largest absolute Gasteiger partial charge is 0.494 e. The Morgan fingerprint density at radius 3 is 1.97 bits per heavy atom. The Hall–Kier alpha value is -2.94. The van der Waals surface area contributed by atoms with E-state index in [0.29, 0.717) is 19.0 Å². The van der Waals surface area contributed by atoms with E-state index < -0.39 is 0 Å². The minimum absolute atomic E-state index is 0.0939. The lowest BCUT2D eigenvalue weighted by atomic mass is 10.1. The van der Waals surface area contributed by atoms with Crippen LogP contribution in [0.1, 0.15) is 29.5 Å². The molecule has 0 amide bonds. The number of nitrogens with two attached hydrogens (primary N) is 2. The van der Waals surface area contributed by atoms with Gasteiger partial charge in [-0.2, -0.15) is 0 Å². The lowest BCUT2D eigenvalue weighted by molar-refractivity contribution is 0.0903. The Kier molecular flexibility index (Phi) is 10.3. The van der Waals surface area contributed by atoms with E-state index in [2.05, 4.69) is 14.8 Å². The highest BCUT2D eigenvalue weighted by Crippen LogP contribution is 2.13. The van der Waals surface area contributed by atoms with Crippen molar-refractivity contribution in [1.29, 1.82) is 5.41 Å². The second-order valence-corrected chi connectivity index (χ2v) is 8.54. The summed E-state index contributed by atoms with van der Waals surface area (Å²) in [6.07, 6.45) is 2.05. The van der Waals surface area contributed by atoms with Gasteiger partial charge in [-0.15, -0.1) is 0 Å². The molecule has 2 aromatic rings. The summed E-state index contributed by atoms with van der Waals surface area (Å²) in [5, 5.41) is 7.43. The van der Waals surface area contributed by atoms with Gasteiger partial charge in [-0.3, -0.25) is 10.4 Å². The van der Waals surface area contributed by atoms with Crippen LogP contribution in [-0.2, 0) is 11.3 Å². The first-order chi connectivity index (χ1) is 16.5. The molecule has 0 aromatic heterocycles. The molecule has 1 heterocycles.